The number of carbonyl (C=O) groups is 1. The van der Waals surface area contributed by atoms with Gasteiger partial charge < -0.3 is 9.87 Å². The number of benzene rings is 1. The molecule has 8 heteroatoms. The summed E-state index contributed by atoms with van der Waals surface area (Å²) in [5.41, 5.74) is 0.908. The molecule has 0 unspecified atom stereocenters. The first-order chi connectivity index (χ1) is 7.47. The van der Waals surface area contributed by atoms with Gasteiger partial charge in [-0.25, -0.2) is 8.42 Å². The van der Waals surface area contributed by atoms with Crippen LogP contribution < -0.4 is 34.9 Å². The van der Waals surface area contributed by atoms with Gasteiger partial charge >= 0.3 is 29.6 Å². The maximum Gasteiger partial charge on any atom is 1.00 e. The number of amides is 1. The van der Waals surface area contributed by atoms with E-state index in [-0.39, 0.29) is 46.1 Å². The Labute approximate surface area is 126 Å². The van der Waals surface area contributed by atoms with Crippen molar-refractivity contribution in [1.82, 2.24) is 5.32 Å². The first kappa shape index (κ1) is 16.9. The van der Waals surface area contributed by atoms with Gasteiger partial charge in [-0.3, -0.25) is 4.79 Å². The Morgan fingerprint density at radius 1 is 1.29 bits per heavy atom. The van der Waals surface area contributed by atoms with Gasteiger partial charge in [-0.05, 0) is 16.4 Å². The van der Waals surface area contributed by atoms with Gasteiger partial charge in [0.25, 0.3) is 0 Å². The quantitative estimate of drug-likeness (QED) is 0.367. The average Bonchev–Trinajstić information content (AvgIpc) is 2.24. The zero-order chi connectivity index (χ0) is 12.0. The molecule has 0 aliphatic heterocycles. The van der Waals surface area contributed by atoms with Crippen molar-refractivity contribution in [2.45, 2.75) is 6.54 Å². The Morgan fingerprint density at radius 2 is 1.88 bits per heavy atom. The van der Waals surface area contributed by atoms with Crippen LogP contribution in [0.1, 0.15) is 5.56 Å². The van der Waals surface area contributed by atoms with Gasteiger partial charge in [-0.2, -0.15) is 0 Å². The fourth-order valence-corrected chi connectivity index (χ4v) is 2.08. The second kappa shape index (κ2) is 8.12. The standard InChI is InChI=1S/C9H11NO4S2.Na/c11-9(7-15-16(12,13)14)10-6-8-4-2-1-3-5-8;/h1-5H,6-7H2,(H,10,11)(H,12,13,14);/q;+1/p-1. The Balaban J connectivity index is 0.00000256. The number of carbonyl (C=O) groups excluding carboxylic acids is 1. The average molecular weight is 283 g/mol. The number of hydrogen-bond donors (Lipinski definition) is 1. The molecule has 88 valence electrons. The van der Waals surface area contributed by atoms with Crippen molar-refractivity contribution in [3.05, 3.63) is 35.9 Å². The van der Waals surface area contributed by atoms with Gasteiger partial charge in [0, 0.05) is 6.54 Å². The summed E-state index contributed by atoms with van der Waals surface area (Å²) >= 11 is 0. The fourth-order valence-electron chi connectivity index (χ4n) is 0.973. The Hall–Kier alpha value is -0.0500. The Kier molecular flexibility index (Phi) is 8.10. The molecule has 0 saturated carbocycles. The molecule has 0 spiro atoms. The zero-order valence-electron chi connectivity index (χ0n) is 9.25. The first-order valence-electron chi connectivity index (χ1n) is 4.38. The fraction of sp³-hybridized carbons (Fsp3) is 0.222. The molecule has 0 heterocycles. The van der Waals surface area contributed by atoms with E-state index in [0.29, 0.717) is 6.54 Å². The Morgan fingerprint density at radius 3 is 2.41 bits per heavy atom. The molecule has 0 fully saturated rings. The van der Waals surface area contributed by atoms with Crippen LogP contribution in [0.3, 0.4) is 0 Å². The summed E-state index contributed by atoms with van der Waals surface area (Å²) in [4.78, 5) is 11.1. The molecule has 0 aromatic heterocycles. The first-order valence-corrected chi connectivity index (χ1v) is 7.29. The molecule has 0 radical (unpaired) electrons. The molecule has 0 bridgehead atoms. The zero-order valence-corrected chi connectivity index (χ0v) is 12.9. The van der Waals surface area contributed by atoms with Crippen LogP contribution >= 0.6 is 10.8 Å². The summed E-state index contributed by atoms with van der Waals surface area (Å²) in [7, 11) is -4.31. The normalized spacial score (nSPS) is 10.4. The van der Waals surface area contributed by atoms with Crippen molar-refractivity contribution in [3.63, 3.8) is 0 Å². The van der Waals surface area contributed by atoms with E-state index < -0.39 is 15.1 Å². The second-order valence-electron chi connectivity index (χ2n) is 2.93. The molecule has 0 aliphatic rings. The largest absolute Gasteiger partial charge is 1.00 e. The summed E-state index contributed by atoms with van der Waals surface area (Å²) in [6, 6.07) is 9.18. The van der Waals surface area contributed by atoms with Gasteiger partial charge in [0.1, 0.15) is 9.15 Å². The van der Waals surface area contributed by atoms with Crippen molar-refractivity contribution in [1.29, 1.82) is 0 Å². The molecule has 1 aromatic carbocycles. The summed E-state index contributed by atoms with van der Waals surface area (Å²) in [5, 5.41) is 2.51. The molecular formula is C9H10NNaO4S2. The predicted molar refractivity (Wildman–Crippen MR) is 60.4 cm³/mol. The van der Waals surface area contributed by atoms with E-state index in [0.717, 1.165) is 5.56 Å². The van der Waals surface area contributed by atoms with Crippen LogP contribution in [0.25, 0.3) is 0 Å². The monoisotopic (exact) mass is 283 g/mol. The molecule has 1 amide bonds. The van der Waals surface area contributed by atoms with Crippen molar-refractivity contribution in [3.8, 4) is 0 Å². The maximum atomic E-state index is 11.1. The molecule has 1 aromatic rings. The van der Waals surface area contributed by atoms with Crippen LogP contribution in [0.15, 0.2) is 30.3 Å². The third-order valence-corrected chi connectivity index (χ3v) is 3.56. The van der Waals surface area contributed by atoms with E-state index in [1.807, 2.05) is 30.3 Å². The van der Waals surface area contributed by atoms with E-state index in [9.17, 15) is 17.8 Å². The summed E-state index contributed by atoms with van der Waals surface area (Å²) in [6.45, 7) is 0.319. The summed E-state index contributed by atoms with van der Waals surface area (Å²) in [5.74, 6) is -0.855. The van der Waals surface area contributed by atoms with Gasteiger partial charge in [-0.1, -0.05) is 30.3 Å². The summed E-state index contributed by atoms with van der Waals surface area (Å²) in [6.07, 6.45) is 0. The maximum absolute atomic E-state index is 11.1. The summed E-state index contributed by atoms with van der Waals surface area (Å²) < 4.78 is 30.7. The minimum Gasteiger partial charge on any atom is -0.739 e. The van der Waals surface area contributed by atoms with Crippen LogP contribution in [0.4, 0.5) is 0 Å². The van der Waals surface area contributed by atoms with Gasteiger partial charge in [0.15, 0.2) is 0 Å². The topological polar surface area (TPSA) is 86.3 Å². The van der Waals surface area contributed by atoms with E-state index in [2.05, 4.69) is 5.32 Å². The Bertz CT molecular complexity index is 449. The molecular weight excluding hydrogens is 273 g/mol. The van der Waals surface area contributed by atoms with Crippen LogP contribution in [-0.4, -0.2) is 24.6 Å². The minimum atomic E-state index is -4.40. The molecule has 0 saturated heterocycles. The number of rotatable bonds is 5. The molecule has 17 heavy (non-hydrogen) atoms. The predicted octanol–water partition coefficient (Wildman–Crippen LogP) is -2.50. The van der Waals surface area contributed by atoms with E-state index in [4.69, 9.17) is 0 Å². The number of hydrogen-bond acceptors (Lipinski definition) is 5. The van der Waals surface area contributed by atoms with Crippen molar-refractivity contribution in [2.24, 2.45) is 0 Å². The smallest absolute Gasteiger partial charge is 0.739 e. The van der Waals surface area contributed by atoms with Crippen molar-refractivity contribution in [2.75, 3.05) is 5.75 Å². The van der Waals surface area contributed by atoms with Crippen LogP contribution in [0.2, 0.25) is 0 Å². The van der Waals surface area contributed by atoms with E-state index in [1.54, 1.807) is 0 Å². The van der Waals surface area contributed by atoms with Gasteiger partial charge in [-0.15, -0.1) is 0 Å². The second-order valence-corrected chi connectivity index (χ2v) is 6.21. The molecule has 0 aliphatic carbocycles. The van der Waals surface area contributed by atoms with Crippen LogP contribution in [0, 0.1) is 0 Å². The van der Waals surface area contributed by atoms with Gasteiger partial charge in [0.05, 0.1) is 5.75 Å². The molecule has 5 nitrogen and oxygen atoms in total. The third kappa shape index (κ3) is 8.64. The van der Waals surface area contributed by atoms with Crippen LogP contribution in [-0.2, 0) is 20.5 Å². The van der Waals surface area contributed by atoms with E-state index >= 15 is 0 Å². The van der Waals surface area contributed by atoms with E-state index in [1.165, 1.54) is 0 Å². The third-order valence-electron chi connectivity index (χ3n) is 1.67. The minimum absolute atomic E-state index is 0. The van der Waals surface area contributed by atoms with Crippen molar-refractivity contribution < 1.29 is 47.3 Å². The molecule has 1 rings (SSSR count). The SMILES string of the molecule is O=C(CSS(=O)(=O)[O-])NCc1ccccc1.[Na+]. The molecule has 1 N–H and O–H groups in total. The van der Waals surface area contributed by atoms with Crippen LogP contribution in [0.5, 0.6) is 0 Å². The van der Waals surface area contributed by atoms with Gasteiger partial charge in [0.2, 0.25) is 5.91 Å². The number of nitrogens with one attached hydrogen (secondary N) is 1. The molecule has 0 atom stereocenters. The van der Waals surface area contributed by atoms with Crippen molar-refractivity contribution >= 4 is 25.9 Å².